The van der Waals surface area contributed by atoms with Crippen LogP contribution in [0.5, 0.6) is 0 Å². The average molecular weight is 423 g/mol. The molecule has 8 heteroatoms. The van der Waals surface area contributed by atoms with E-state index in [2.05, 4.69) is 4.98 Å². The molecular weight excluding hydrogens is 402 g/mol. The van der Waals surface area contributed by atoms with Crippen LogP contribution in [0.25, 0.3) is 10.2 Å². The van der Waals surface area contributed by atoms with E-state index in [1.54, 1.807) is 24.1 Å². The number of anilines is 1. The number of ether oxygens (including phenoxy) is 1. The number of aromatic nitrogens is 1. The Balaban J connectivity index is 1.61. The second kappa shape index (κ2) is 8.33. The number of fused-ring (bicyclic) bond motifs is 2. The summed E-state index contributed by atoms with van der Waals surface area (Å²) in [5, 5.41) is 0.604. The van der Waals surface area contributed by atoms with Gasteiger partial charge >= 0.3 is 0 Å². The monoisotopic (exact) mass is 423 g/mol. The van der Waals surface area contributed by atoms with Gasteiger partial charge in [0, 0.05) is 32.4 Å². The zero-order valence-electron chi connectivity index (χ0n) is 16.8. The quantitative estimate of drug-likeness (QED) is 0.429. The molecule has 0 unspecified atom stereocenters. The molecule has 0 saturated carbocycles. The van der Waals surface area contributed by atoms with E-state index in [0.717, 1.165) is 10.2 Å². The van der Waals surface area contributed by atoms with Crippen molar-refractivity contribution in [2.45, 2.75) is 13.3 Å². The van der Waals surface area contributed by atoms with Crippen molar-refractivity contribution >= 4 is 44.4 Å². The number of hydrogen-bond acceptors (Lipinski definition) is 6. The maximum absolute atomic E-state index is 13.2. The molecule has 0 radical (unpaired) electrons. The summed E-state index contributed by atoms with van der Waals surface area (Å²) in [5.74, 6) is -0.954. The van der Waals surface area contributed by atoms with Gasteiger partial charge in [-0.3, -0.25) is 24.2 Å². The molecule has 0 spiro atoms. The summed E-state index contributed by atoms with van der Waals surface area (Å²) >= 11 is 1.44. The van der Waals surface area contributed by atoms with Gasteiger partial charge in [-0.25, -0.2) is 4.98 Å². The first kappa shape index (κ1) is 20.2. The Morgan fingerprint density at radius 2 is 1.90 bits per heavy atom. The molecule has 0 bridgehead atoms. The van der Waals surface area contributed by atoms with Gasteiger partial charge in [0.1, 0.15) is 0 Å². The summed E-state index contributed by atoms with van der Waals surface area (Å²) in [7, 11) is 1.57. The molecule has 1 aliphatic heterocycles. The third-order valence-electron chi connectivity index (χ3n) is 5.02. The molecule has 1 aromatic heterocycles. The van der Waals surface area contributed by atoms with Crippen LogP contribution in [0.3, 0.4) is 0 Å². The van der Waals surface area contributed by atoms with Gasteiger partial charge in [0.15, 0.2) is 5.13 Å². The maximum Gasteiger partial charge on any atom is 0.261 e. The summed E-state index contributed by atoms with van der Waals surface area (Å²) in [6, 6.07) is 12.4. The number of amides is 3. The largest absolute Gasteiger partial charge is 0.385 e. The highest BCUT2D eigenvalue weighted by Crippen LogP contribution is 2.30. The molecule has 0 fully saturated rings. The number of thiazole rings is 1. The summed E-state index contributed by atoms with van der Waals surface area (Å²) in [6.45, 7) is 3.07. The molecule has 3 amide bonds. The number of para-hydroxylation sites is 1. The van der Waals surface area contributed by atoms with Crippen LogP contribution in [0.4, 0.5) is 5.13 Å². The SMILES string of the molecule is CCN(C(=O)c1ccc2c(c1)C(=O)N(CCCOC)C2=O)c1nc2ccccc2s1. The van der Waals surface area contributed by atoms with Crippen molar-refractivity contribution in [2.24, 2.45) is 0 Å². The van der Waals surface area contributed by atoms with Crippen LogP contribution in [0, 0.1) is 0 Å². The Hall–Kier alpha value is -3.10. The minimum absolute atomic E-state index is 0.252. The lowest BCUT2D eigenvalue weighted by Crippen LogP contribution is -2.31. The van der Waals surface area contributed by atoms with Crippen LogP contribution in [0.15, 0.2) is 42.5 Å². The van der Waals surface area contributed by atoms with E-state index in [9.17, 15) is 14.4 Å². The van der Waals surface area contributed by atoms with E-state index in [4.69, 9.17) is 4.74 Å². The van der Waals surface area contributed by atoms with Gasteiger partial charge < -0.3 is 4.74 Å². The van der Waals surface area contributed by atoms with Crippen LogP contribution >= 0.6 is 11.3 Å². The van der Waals surface area contributed by atoms with E-state index in [0.29, 0.717) is 35.8 Å². The first-order valence-corrected chi connectivity index (χ1v) is 10.5. The molecule has 0 aliphatic carbocycles. The third kappa shape index (κ3) is 3.48. The highest BCUT2D eigenvalue weighted by atomic mass is 32.1. The Kier molecular flexibility index (Phi) is 5.61. The summed E-state index contributed by atoms with van der Waals surface area (Å²) in [5.41, 5.74) is 1.79. The standard InChI is InChI=1S/C22H21N3O4S/c1-3-24(22-23-17-7-4-5-8-18(17)30-22)19(26)14-9-10-15-16(13-14)21(28)25(20(15)27)11-6-12-29-2/h4-5,7-10,13H,3,6,11-12H2,1-2H3. The minimum atomic E-state index is -0.371. The van der Waals surface area contributed by atoms with Gasteiger partial charge in [0.2, 0.25) is 0 Å². The van der Waals surface area contributed by atoms with E-state index in [1.165, 1.54) is 22.3 Å². The molecule has 0 atom stereocenters. The van der Waals surface area contributed by atoms with E-state index < -0.39 is 0 Å². The number of methoxy groups -OCH3 is 1. The number of imide groups is 1. The van der Waals surface area contributed by atoms with Crippen LogP contribution in [0.2, 0.25) is 0 Å². The lowest BCUT2D eigenvalue weighted by Gasteiger charge is -2.17. The Morgan fingerprint density at radius 1 is 1.13 bits per heavy atom. The predicted octanol–water partition coefficient (Wildman–Crippen LogP) is 3.60. The Bertz CT molecular complexity index is 1110. The van der Waals surface area contributed by atoms with Crippen molar-refractivity contribution in [3.63, 3.8) is 0 Å². The van der Waals surface area contributed by atoms with Gasteiger partial charge in [-0.15, -0.1) is 0 Å². The molecule has 3 aromatic rings. The smallest absolute Gasteiger partial charge is 0.261 e. The van der Waals surface area contributed by atoms with Gasteiger partial charge in [-0.1, -0.05) is 23.5 Å². The van der Waals surface area contributed by atoms with Gasteiger partial charge in [-0.05, 0) is 43.7 Å². The Morgan fingerprint density at radius 3 is 2.63 bits per heavy atom. The zero-order valence-corrected chi connectivity index (χ0v) is 17.6. The van der Waals surface area contributed by atoms with Crippen molar-refractivity contribution < 1.29 is 19.1 Å². The third-order valence-corrected chi connectivity index (χ3v) is 6.08. The van der Waals surface area contributed by atoms with Crippen LogP contribution < -0.4 is 4.90 Å². The molecule has 0 N–H and O–H groups in total. The van der Waals surface area contributed by atoms with Crippen LogP contribution in [-0.4, -0.2) is 54.4 Å². The van der Waals surface area contributed by atoms with Crippen LogP contribution in [-0.2, 0) is 4.74 Å². The summed E-state index contributed by atoms with van der Waals surface area (Å²) in [6.07, 6.45) is 0.564. The maximum atomic E-state index is 13.2. The van der Waals surface area contributed by atoms with Crippen molar-refractivity contribution in [2.75, 3.05) is 31.7 Å². The molecule has 0 saturated heterocycles. The van der Waals surface area contributed by atoms with Crippen molar-refractivity contribution in [3.05, 3.63) is 59.2 Å². The van der Waals surface area contributed by atoms with Crippen LogP contribution in [0.1, 0.15) is 44.4 Å². The lowest BCUT2D eigenvalue weighted by atomic mass is 10.0. The van der Waals surface area contributed by atoms with Crippen molar-refractivity contribution in [1.29, 1.82) is 0 Å². The van der Waals surface area contributed by atoms with Gasteiger partial charge in [-0.2, -0.15) is 0 Å². The van der Waals surface area contributed by atoms with E-state index in [1.807, 2.05) is 31.2 Å². The number of carbonyl (C=O) groups is 3. The van der Waals surface area contributed by atoms with Gasteiger partial charge in [0.05, 0.1) is 21.3 Å². The van der Waals surface area contributed by atoms with Gasteiger partial charge in [0.25, 0.3) is 17.7 Å². The first-order valence-electron chi connectivity index (χ1n) is 9.71. The highest BCUT2D eigenvalue weighted by molar-refractivity contribution is 7.22. The fraction of sp³-hybridized carbons (Fsp3) is 0.273. The number of nitrogens with zero attached hydrogens (tertiary/aromatic N) is 3. The Labute approximate surface area is 177 Å². The predicted molar refractivity (Wildman–Crippen MR) is 115 cm³/mol. The number of carbonyl (C=O) groups excluding carboxylic acids is 3. The molecule has 2 aromatic carbocycles. The molecule has 154 valence electrons. The number of hydrogen-bond donors (Lipinski definition) is 0. The molecule has 2 heterocycles. The molecule has 7 nitrogen and oxygen atoms in total. The normalized spacial score (nSPS) is 13.2. The summed E-state index contributed by atoms with van der Waals surface area (Å²) < 4.78 is 6.00. The minimum Gasteiger partial charge on any atom is -0.385 e. The number of benzene rings is 2. The average Bonchev–Trinajstić information content (AvgIpc) is 3.28. The second-order valence-electron chi connectivity index (χ2n) is 6.88. The molecular formula is C22H21N3O4S. The summed E-state index contributed by atoms with van der Waals surface area (Å²) in [4.78, 5) is 45.9. The highest BCUT2D eigenvalue weighted by Gasteiger charge is 2.36. The topological polar surface area (TPSA) is 79.8 Å². The van der Waals surface area contributed by atoms with Crippen molar-refractivity contribution in [3.8, 4) is 0 Å². The lowest BCUT2D eigenvalue weighted by molar-refractivity contribution is 0.0638. The van der Waals surface area contributed by atoms with E-state index in [-0.39, 0.29) is 29.8 Å². The van der Waals surface area contributed by atoms with Crippen molar-refractivity contribution in [1.82, 2.24) is 9.88 Å². The fourth-order valence-electron chi connectivity index (χ4n) is 3.49. The molecule has 30 heavy (non-hydrogen) atoms. The van der Waals surface area contributed by atoms with E-state index >= 15 is 0 Å². The number of rotatable bonds is 7. The zero-order chi connectivity index (χ0) is 21.3. The molecule has 4 rings (SSSR count). The molecule has 1 aliphatic rings. The first-order chi connectivity index (χ1) is 14.5. The fourth-order valence-corrected chi connectivity index (χ4v) is 4.52. The second-order valence-corrected chi connectivity index (χ2v) is 7.89.